The summed E-state index contributed by atoms with van der Waals surface area (Å²) in [4.78, 5) is 38.7. The predicted octanol–water partition coefficient (Wildman–Crippen LogP) is 3.77. The van der Waals surface area contributed by atoms with E-state index in [1.807, 2.05) is 5.32 Å². The highest BCUT2D eigenvalue weighted by molar-refractivity contribution is 5.93. The van der Waals surface area contributed by atoms with Gasteiger partial charge in [0, 0.05) is 24.7 Å². The van der Waals surface area contributed by atoms with Gasteiger partial charge in [0.25, 0.3) is 5.91 Å². The first kappa shape index (κ1) is 35.1. The third-order valence-electron chi connectivity index (χ3n) is 8.21. The van der Waals surface area contributed by atoms with Crippen LogP contribution < -0.4 is 16.4 Å². The molecule has 3 saturated carbocycles. The summed E-state index contributed by atoms with van der Waals surface area (Å²) in [6.07, 6.45) is 5.57. The Morgan fingerprint density at radius 2 is 1.85 bits per heavy atom. The van der Waals surface area contributed by atoms with Crippen molar-refractivity contribution >= 4 is 23.4 Å². The molecule has 0 spiro atoms. The summed E-state index contributed by atoms with van der Waals surface area (Å²) >= 11 is 0. The molecule has 3 aromatic rings. The molecule has 2 unspecified atom stereocenters. The topological polar surface area (TPSA) is 180 Å². The number of rotatable bonds is 9. The van der Waals surface area contributed by atoms with E-state index in [9.17, 15) is 36.3 Å². The Kier molecular flexibility index (Phi) is 10.9. The lowest BCUT2D eigenvalue weighted by Gasteiger charge is -2.20. The molecule has 13 nitrogen and oxygen atoms in total. The molecule has 262 valence electrons. The van der Waals surface area contributed by atoms with Crippen molar-refractivity contribution in [2.24, 2.45) is 11.7 Å². The average Bonchev–Trinajstić information content (AvgIpc) is 3.92. The van der Waals surface area contributed by atoms with Crippen molar-refractivity contribution in [1.82, 2.24) is 35.5 Å². The van der Waals surface area contributed by atoms with E-state index in [2.05, 4.69) is 30.3 Å². The molecule has 1 saturated heterocycles. The molecule has 2 atom stereocenters. The number of nitrogens with one attached hydrogen (secondary N) is 2. The van der Waals surface area contributed by atoms with Crippen LogP contribution in [0.3, 0.4) is 0 Å². The van der Waals surface area contributed by atoms with Crippen LogP contribution in [-0.4, -0.2) is 73.5 Å². The van der Waals surface area contributed by atoms with Crippen molar-refractivity contribution < 1.29 is 45.7 Å². The molecule has 1 aliphatic heterocycles. The van der Waals surface area contributed by atoms with E-state index >= 15 is 0 Å². The van der Waals surface area contributed by atoms with Crippen LogP contribution in [0.1, 0.15) is 97.6 Å². The molecule has 4 N–H and O–H groups in total. The quantitative estimate of drug-likeness (QED) is 0.283. The van der Waals surface area contributed by atoms with E-state index in [4.69, 9.17) is 10.5 Å². The molecule has 18 heteroatoms. The van der Waals surface area contributed by atoms with Gasteiger partial charge in [-0.15, -0.1) is 0 Å². The average molecular weight is 685 g/mol. The first-order valence-electron chi connectivity index (χ1n) is 15.9. The molecule has 0 aromatic carbocycles. The lowest BCUT2D eigenvalue weighted by atomic mass is 9.97. The maximum absolute atomic E-state index is 12.9. The monoisotopic (exact) mass is 684 g/mol. The lowest BCUT2D eigenvalue weighted by molar-refractivity contribution is -0.154. The maximum atomic E-state index is 12.9. The standard InChI is InChI=1S/C19H18F3N7O3.C6H10F2.C5H9NO2/c20-19(21,22)13-5-11(17(30)26-13)3-9-4-14-25-12(8-29(14)24-6-9)7-23-18(31)16-15(10-1-2-10)27-32-28-16;7-6(8)4-2-1-3-5-6;6-5(7)3-8-4-1-2-4/h4,6,8,10-11,13H,1-3,5,7H2,(H,23,31)(H,26,30);1-5H2;4H,1-3H2,(H2,6,7). The van der Waals surface area contributed by atoms with Gasteiger partial charge in [-0.05, 0) is 68.2 Å². The molecule has 4 aliphatic rings. The second-order valence-electron chi connectivity index (χ2n) is 12.5. The third kappa shape index (κ3) is 10.1. The van der Waals surface area contributed by atoms with Gasteiger partial charge in [0.15, 0.2) is 11.3 Å². The highest BCUT2D eigenvalue weighted by Crippen LogP contribution is 2.40. The number of halogens is 5. The first-order valence-corrected chi connectivity index (χ1v) is 15.9. The first-order chi connectivity index (χ1) is 22.8. The summed E-state index contributed by atoms with van der Waals surface area (Å²) in [5.74, 6) is -4.29. The van der Waals surface area contributed by atoms with Crippen LogP contribution >= 0.6 is 0 Å². The van der Waals surface area contributed by atoms with E-state index in [1.165, 1.54) is 10.7 Å². The Morgan fingerprint density at radius 3 is 2.44 bits per heavy atom. The van der Waals surface area contributed by atoms with E-state index in [0.717, 1.165) is 32.1 Å². The van der Waals surface area contributed by atoms with Crippen LogP contribution in [0.15, 0.2) is 23.1 Å². The summed E-state index contributed by atoms with van der Waals surface area (Å²) in [7, 11) is 0. The van der Waals surface area contributed by atoms with Crippen LogP contribution in [0.2, 0.25) is 0 Å². The van der Waals surface area contributed by atoms with Gasteiger partial charge >= 0.3 is 6.18 Å². The number of aromatic nitrogens is 5. The fourth-order valence-electron chi connectivity index (χ4n) is 5.31. The zero-order valence-electron chi connectivity index (χ0n) is 26.0. The third-order valence-corrected chi connectivity index (χ3v) is 8.21. The molecule has 7 rings (SSSR count). The molecule has 4 fully saturated rings. The van der Waals surface area contributed by atoms with Crippen molar-refractivity contribution in [3.8, 4) is 0 Å². The van der Waals surface area contributed by atoms with Crippen molar-refractivity contribution in [2.45, 2.75) is 107 Å². The van der Waals surface area contributed by atoms with E-state index < -0.39 is 35.9 Å². The molecule has 3 aromatic heterocycles. The SMILES string of the molecule is FC1(F)CCCCC1.NC(=O)COC1CC1.O=C(NCc1cn2ncc(CC3CC(C(F)(F)F)NC3=O)cc2n1)c1nonc1C1CC1. The number of carbonyl (C=O) groups is 3. The highest BCUT2D eigenvalue weighted by atomic mass is 19.4. The van der Waals surface area contributed by atoms with Crippen molar-refractivity contribution in [3.63, 3.8) is 0 Å². The fourth-order valence-corrected chi connectivity index (χ4v) is 5.31. The Hall–Kier alpha value is -4.22. The Balaban J connectivity index is 0.000000230. The Bertz CT molecular complexity index is 1580. The molecule has 0 bridgehead atoms. The number of nitrogens with zero attached hydrogens (tertiary/aromatic N) is 5. The number of carbonyl (C=O) groups excluding carboxylic acids is 3. The minimum absolute atomic E-state index is 0.0880. The minimum Gasteiger partial charge on any atom is -0.368 e. The normalized spacial score (nSPS) is 21.8. The van der Waals surface area contributed by atoms with E-state index in [1.54, 1.807) is 12.3 Å². The zero-order valence-corrected chi connectivity index (χ0v) is 26.0. The van der Waals surface area contributed by atoms with Gasteiger partial charge in [-0.25, -0.2) is 22.9 Å². The summed E-state index contributed by atoms with van der Waals surface area (Å²) in [5.41, 5.74) is 7.13. The van der Waals surface area contributed by atoms with Gasteiger partial charge in [0.1, 0.15) is 18.3 Å². The highest BCUT2D eigenvalue weighted by Gasteiger charge is 2.47. The number of hydrogen-bond acceptors (Lipinski definition) is 9. The number of amides is 3. The second kappa shape index (κ2) is 14.9. The van der Waals surface area contributed by atoms with Gasteiger partial charge in [0.2, 0.25) is 17.7 Å². The van der Waals surface area contributed by atoms with E-state index in [-0.39, 0.29) is 56.4 Å². The Morgan fingerprint density at radius 1 is 1.12 bits per heavy atom. The number of imidazole rings is 1. The smallest absolute Gasteiger partial charge is 0.368 e. The molecule has 48 heavy (non-hydrogen) atoms. The second-order valence-corrected chi connectivity index (χ2v) is 12.5. The van der Waals surface area contributed by atoms with Gasteiger partial charge in [0.05, 0.1) is 30.7 Å². The fraction of sp³-hybridized carbons (Fsp3) is 0.633. The molecular weight excluding hydrogens is 647 g/mol. The molecular formula is C30H37F5N8O5. The lowest BCUT2D eigenvalue weighted by Crippen LogP contribution is -2.38. The summed E-state index contributed by atoms with van der Waals surface area (Å²) in [5, 5.41) is 16.4. The summed E-state index contributed by atoms with van der Waals surface area (Å²) in [6, 6.07) is -0.155. The van der Waals surface area contributed by atoms with Gasteiger partial charge < -0.3 is 21.1 Å². The number of primary amides is 1. The molecule has 0 radical (unpaired) electrons. The zero-order chi connectivity index (χ0) is 34.5. The summed E-state index contributed by atoms with van der Waals surface area (Å²) < 4.78 is 74.1. The van der Waals surface area contributed by atoms with Crippen molar-refractivity contribution in [1.29, 1.82) is 0 Å². The number of ether oxygens (including phenoxy) is 1. The number of nitrogens with two attached hydrogens (primary N) is 1. The largest absolute Gasteiger partial charge is 0.408 e. The van der Waals surface area contributed by atoms with E-state index in [0.29, 0.717) is 41.5 Å². The Labute approximate surface area is 271 Å². The van der Waals surface area contributed by atoms with Crippen LogP contribution in [0, 0.1) is 5.92 Å². The van der Waals surface area contributed by atoms with Crippen LogP contribution in [0.25, 0.3) is 5.65 Å². The maximum Gasteiger partial charge on any atom is 0.408 e. The predicted molar refractivity (Wildman–Crippen MR) is 156 cm³/mol. The molecule has 4 heterocycles. The van der Waals surface area contributed by atoms with Crippen molar-refractivity contribution in [3.05, 3.63) is 41.1 Å². The van der Waals surface area contributed by atoms with Gasteiger partial charge in [-0.2, -0.15) is 18.3 Å². The summed E-state index contributed by atoms with van der Waals surface area (Å²) in [6.45, 7) is 0.206. The van der Waals surface area contributed by atoms with Gasteiger partial charge in [-0.3, -0.25) is 14.4 Å². The number of alkyl halides is 5. The van der Waals surface area contributed by atoms with Crippen LogP contribution in [0.4, 0.5) is 22.0 Å². The number of hydrogen-bond donors (Lipinski definition) is 3. The molecule has 3 amide bonds. The van der Waals surface area contributed by atoms with Crippen LogP contribution in [-0.2, 0) is 27.3 Å². The van der Waals surface area contributed by atoms with Crippen molar-refractivity contribution in [2.75, 3.05) is 6.61 Å². The van der Waals surface area contributed by atoms with Crippen LogP contribution in [0.5, 0.6) is 0 Å². The number of fused-ring (bicyclic) bond motifs is 1. The molecule has 3 aliphatic carbocycles. The minimum atomic E-state index is -4.46. The van der Waals surface area contributed by atoms with Gasteiger partial charge in [-0.1, -0.05) is 11.6 Å².